The van der Waals surface area contributed by atoms with Crippen LogP contribution in [-0.2, 0) is 18.8 Å². The molecule has 0 N–H and O–H groups in total. The largest absolute Gasteiger partial charge is 0.362 e. The van der Waals surface area contributed by atoms with Gasteiger partial charge in [-0.1, -0.05) is 78.9 Å². The van der Waals surface area contributed by atoms with Crippen molar-refractivity contribution < 1.29 is 4.39 Å². The van der Waals surface area contributed by atoms with Gasteiger partial charge in [-0.15, -0.1) is 0 Å². The van der Waals surface area contributed by atoms with E-state index in [0.29, 0.717) is 12.8 Å². The molecular weight excluding hydrogens is 321 g/mol. The summed E-state index contributed by atoms with van der Waals surface area (Å²) in [5.74, 6) is 0. The molecule has 26 heavy (non-hydrogen) atoms. The van der Waals surface area contributed by atoms with E-state index in [-0.39, 0.29) is 0 Å². The SMILES string of the molecule is Cc1cccc(C2(F)CC2)c1N(Cc1ccccc1)Cc1ccccc1. The van der Waals surface area contributed by atoms with Gasteiger partial charge in [-0.2, -0.15) is 0 Å². The summed E-state index contributed by atoms with van der Waals surface area (Å²) in [4.78, 5) is 2.33. The zero-order valence-corrected chi connectivity index (χ0v) is 15.2. The molecule has 0 aliphatic heterocycles. The van der Waals surface area contributed by atoms with Gasteiger partial charge < -0.3 is 4.90 Å². The van der Waals surface area contributed by atoms with Gasteiger partial charge in [-0.05, 0) is 36.5 Å². The van der Waals surface area contributed by atoms with Crippen LogP contribution in [0.2, 0.25) is 0 Å². The molecule has 0 spiro atoms. The van der Waals surface area contributed by atoms with Crippen LogP contribution in [0.25, 0.3) is 0 Å². The first-order chi connectivity index (χ1) is 12.7. The third-order valence-corrected chi connectivity index (χ3v) is 5.16. The number of alkyl halides is 1. The van der Waals surface area contributed by atoms with E-state index in [4.69, 9.17) is 0 Å². The molecule has 0 aromatic heterocycles. The number of rotatable bonds is 6. The zero-order chi connectivity index (χ0) is 18.0. The van der Waals surface area contributed by atoms with Gasteiger partial charge in [0.1, 0.15) is 5.67 Å². The zero-order valence-electron chi connectivity index (χ0n) is 15.2. The number of para-hydroxylation sites is 1. The molecular formula is C24H24FN. The molecule has 0 atom stereocenters. The summed E-state index contributed by atoms with van der Waals surface area (Å²) < 4.78 is 15.1. The van der Waals surface area contributed by atoms with Crippen molar-refractivity contribution in [2.75, 3.05) is 4.90 Å². The first kappa shape index (κ1) is 16.8. The summed E-state index contributed by atoms with van der Waals surface area (Å²) in [5.41, 5.74) is 4.37. The predicted molar refractivity (Wildman–Crippen MR) is 106 cm³/mol. The van der Waals surface area contributed by atoms with Gasteiger partial charge in [-0.25, -0.2) is 4.39 Å². The van der Waals surface area contributed by atoms with Gasteiger partial charge >= 0.3 is 0 Å². The highest BCUT2D eigenvalue weighted by atomic mass is 19.1. The molecule has 1 nitrogen and oxygen atoms in total. The number of halogens is 1. The molecule has 1 fully saturated rings. The highest BCUT2D eigenvalue weighted by Gasteiger charge is 2.47. The van der Waals surface area contributed by atoms with Crippen molar-refractivity contribution in [2.45, 2.75) is 38.5 Å². The molecule has 0 bridgehead atoms. The highest BCUT2D eigenvalue weighted by Crippen LogP contribution is 2.53. The van der Waals surface area contributed by atoms with E-state index in [0.717, 1.165) is 29.9 Å². The highest BCUT2D eigenvalue weighted by molar-refractivity contribution is 5.63. The Hall–Kier alpha value is -2.61. The molecule has 4 rings (SSSR count). The van der Waals surface area contributed by atoms with Crippen molar-refractivity contribution in [3.63, 3.8) is 0 Å². The predicted octanol–water partition coefficient (Wildman–Crippen LogP) is 6.16. The third-order valence-electron chi connectivity index (χ3n) is 5.16. The van der Waals surface area contributed by atoms with Crippen LogP contribution in [0.4, 0.5) is 10.1 Å². The third kappa shape index (κ3) is 3.50. The normalized spacial score (nSPS) is 14.8. The maximum absolute atomic E-state index is 15.1. The molecule has 0 heterocycles. The minimum Gasteiger partial charge on any atom is -0.362 e. The van der Waals surface area contributed by atoms with Crippen LogP contribution in [0, 0.1) is 6.92 Å². The molecule has 0 saturated heterocycles. The minimum atomic E-state index is -1.15. The number of hydrogen-bond acceptors (Lipinski definition) is 1. The standard InChI is InChI=1S/C24H24FN/c1-19-9-8-14-22(24(25)15-16-24)23(19)26(17-20-10-4-2-5-11-20)18-21-12-6-3-7-13-21/h2-14H,15-18H2,1H3. The number of anilines is 1. The van der Waals surface area contributed by atoms with E-state index in [9.17, 15) is 0 Å². The van der Waals surface area contributed by atoms with Gasteiger partial charge in [0.15, 0.2) is 0 Å². The second-order valence-electron chi connectivity index (χ2n) is 7.26. The first-order valence-corrected chi connectivity index (χ1v) is 9.27. The summed E-state index contributed by atoms with van der Waals surface area (Å²) in [6.07, 6.45) is 1.27. The molecule has 1 aliphatic rings. The van der Waals surface area contributed by atoms with Crippen molar-refractivity contribution in [2.24, 2.45) is 0 Å². The van der Waals surface area contributed by atoms with E-state index >= 15 is 4.39 Å². The van der Waals surface area contributed by atoms with Gasteiger partial charge in [0.25, 0.3) is 0 Å². The lowest BCUT2D eigenvalue weighted by Crippen LogP contribution is -2.25. The van der Waals surface area contributed by atoms with Gasteiger partial charge in [-0.3, -0.25) is 0 Å². The average molecular weight is 345 g/mol. The fourth-order valence-electron chi connectivity index (χ4n) is 3.64. The monoisotopic (exact) mass is 345 g/mol. The molecule has 1 saturated carbocycles. The van der Waals surface area contributed by atoms with Crippen LogP contribution < -0.4 is 4.90 Å². The quantitative estimate of drug-likeness (QED) is 0.517. The molecule has 1 aliphatic carbocycles. The molecule has 3 aromatic carbocycles. The number of aryl methyl sites for hydroxylation is 1. The molecule has 0 unspecified atom stereocenters. The fourth-order valence-corrected chi connectivity index (χ4v) is 3.64. The Bertz CT molecular complexity index is 828. The number of benzene rings is 3. The van der Waals surface area contributed by atoms with Gasteiger partial charge in [0.05, 0.1) is 0 Å². The van der Waals surface area contributed by atoms with Crippen LogP contribution in [-0.4, -0.2) is 0 Å². The summed E-state index contributed by atoms with van der Waals surface area (Å²) >= 11 is 0. The summed E-state index contributed by atoms with van der Waals surface area (Å²) in [6, 6.07) is 26.9. The minimum absolute atomic E-state index is 0.633. The first-order valence-electron chi connectivity index (χ1n) is 9.27. The maximum atomic E-state index is 15.1. The Balaban J connectivity index is 1.75. The smallest absolute Gasteiger partial charge is 0.138 e. The van der Waals surface area contributed by atoms with Crippen molar-refractivity contribution >= 4 is 5.69 Å². The van der Waals surface area contributed by atoms with Crippen LogP contribution in [0.5, 0.6) is 0 Å². The average Bonchev–Trinajstić information content (AvgIpc) is 3.41. The van der Waals surface area contributed by atoms with E-state index in [2.05, 4.69) is 66.4 Å². The van der Waals surface area contributed by atoms with Crippen LogP contribution >= 0.6 is 0 Å². The molecule has 0 amide bonds. The van der Waals surface area contributed by atoms with Crippen molar-refractivity contribution in [1.29, 1.82) is 0 Å². The Morgan fingerprint density at radius 2 is 1.31 bits per heavy atom. The van der Waals surface area contributed by atoms with Crippen LogP contribution in [0.1, 0.15) is 35.1 Å². The lowest BCUT2D eigenvalue weighted by molar-refractivity contribution is 0.317. The Kier molecular flexibility index (Phi) is 4.50. The summed E-state index contributed by atoms with van der Waals surface area (Å²) in [7, 11) is 0. The van der Waals surface area contributed by atoms with Gasteiger partial charge in [0, 0.05) is 24.3 Å². The lowest BCUT2D eigenvalue weighted by atomic mass is 10.00. The maximum Gasteiger partial charge on any atom is 0.138 e. The van der Waals surface area contributed by atoms with Crippen LogP contribution in [0.3, 0.4) is 0 Å². The topological polar surface area (TPSA) is 3.24 Å². The van der Waals surface area contributed by atoms with E-state index in [1.807, 2.05) is 24.3 Å². The Morgan fingerprint density at radius 3 is 1.81 bits per heavy atom. The van der Waals surface area contributed by atoms with E-state index in [1.54, 1.807) is 0 Å². The van der Waals surface area contributed by atoms with E-state index < -0.39 is 5.67 Å². The molecule has 132 valence electrons. The second kappa shape index (κ2) is 6.95. The van der Waals surface area contributed by atoms with Crippen molar-refractivity contribution in [1.82, 2.24) is 0 Å². The van der Waals surface area contributed by atoms with Crippen LogP contribution in [0.15, 0.2) is 78.9 Å². The lowest BCUT2D eigenvalue weighted by Gasteiger charge is -2.30. The Morgan fingerprint density at radius 1 is 0.769 bits per heavy atom. The summed E-state index contributed by atoms with van der Waals surface area (Å²) in [5, 5.41) is 0. The summed E-state index contributed by atoms with van der Waals surface area (Å²) in [6.45, 7) is 3.63. The second-order valence-corrected chi connectivity index (χ2v) is 7.26. The van der Waals surface area contributed by atoms with E-state index in [1.165, 1.54) is 11.1 Å². The Labute approximate surface area is 155 Å². The van der Waals surface area contributed by atoms with Gasteiger partial charge in [0.2, 0.25) is 0 Å². The fraction of sp³-hybridized carbons (Fsp3) is 0.250. The number of nitrogens with zero attached hydrogens (tertiary/aromatic N) is 1. The van der Waals surface area contributed by atoms with Crippen molar-refractivity contribution in [3.8, 4) is 0 Å². The molecule has 0 radical (unpaired) electrons. The van der Waals surface area contributed by atoms with Crippen molar-refractivity contribution in [3.05, 3.63) is 101 Å². The molecule has 3 aromatic rings. The molecule has 2 heteroatoms. The number of hydrogen-bond donors (Lipinski definition) is 0.